The molecule has 20 heavy (non-hydrogen) atoms. The van der Waals surface area contributed by atoms with Crippen LogP contribution < -0.4 is 10.0 Å². The Balaban J connectivity index is 1.89. The first-order valence-corrected chi connectivity index (χ1v) is 8.12. The zero-order valence-electron chi connectivity index (χ0n) is 12.7. The fraction of sp³-hybridized carbons (Fsp3) is 0.625. The third-order valence-corrected chi connectivity index (χ3v) is 4.69. The molecule has 1 aromatic rings. The second kappa shape index (κ2) is 6.46. The quantitative estimate of drug-likeness (QED) is 0.820. The Morgan fingerprint density at radius 3 is 2.75 bits per heavy atom. The molecule has 112 valence electrons. The summed E-state index contributed by atoms with van der Waals surface area (Å²) in [4.78, 5) is 0. The summed E-state index contributed by atoms with van der Waals surface area (Å²) >= 11 is 1.78. The number of halogens is 1. The fourth-order valence-electron chi connectivity index (χ4n) is 2.50. The minimum absolute atomic E-state index is 0.151. The van der Waals surface area contributed by atoms with Crippen molar-refractivity contribution in [2.45, 2.75) is 63.4 Å². The van der Waals surface area contributed by atoms with Crippen LogP contribution in [0.25, 0.3) is 0 Å². The minimum Gasteiger partial charge on any atom is -0.306 e. The highest BCUT2D eigenvalue weighted by molar-refractivity contribution is 7.98. The van der Waals surface area contributed by atoms with Gasteiger partial charge in [0, 0.05) is 22.9 Å². The van der Waals surface area contributed by atoms with Crippen LogP contribution in [0.15, 0.2) is 24.3 Å². The molecule has 0 aromatic heterocycles. The molecule has 0 spiro atoms. The molecule has 1 fully saturated rings. The normalized spacial score (nSPS) is 24.9. The fourth-order valence-corrected chi connectivity index (χ4v) is 3.21. The number of benzene rings is 1. The molecule has 0 amide bonds. The van der Waals surface area contributed by atoms with E-state index in [2.05, 4.69) is 37.7 Å². The van der Waals surface area contributed by atoms with Gasteiger partial charge < -0.3 is 5.32 Å². The molecular weight excluding hydrogens is 271 g/mol. The van der Waals surface area contributed by atoms with E-state index in [1.54, 1.807) is 24.1 Å². The van der Waals surface area contributed by atoms with E-state index >= 15 is 0 Å². The third kappa shape index (κ3) is 4.47. The zero-order chi connectivity index (χ0) is 14.8. The van der Waals surface area contributed by atoms with Crippen molar-refractivity contribution >= 4 is 11.9 Å². The van der Waals surface area contributed by atoms with Crippen molar-refractivity contribution in [3.63, 3.8) is 0 Å². The Morgan fingerprint density at radius 1 is 1.35 bits per heavy atom. The molecule has 2 N–H and O–H groups in total. The van der Waals surface area contributed by atoms with Gasteiger partial charge in [0.1, 0.15) is 5.82 Å². The summed E-state index contributed by atoms with van der Waals surface area (Å²) in [6, 6.07) is 8.06. The monoisotopic (exact) mass is 296 g/mol. The first-order valence-electron chi connectivity index (χ1n) is 7.30. The largest absolute Gasteiger partial charge is 0.306 e. The molecular formula is C16H25FN2S. The minimum atomic E-state index is -0.151. The van der Waals surface area contributed by atoms with Gasteiger partial charge in [-0.1, -0.05) is 24.1 Å². The second-order valence-corrected chi connectivity index (χ2v) is 8.24. The van der Waals surface area contributed by atoms with Crippen LogP contribution >= 0.6 is 11.9 Å². The van der Waals surface area contributed by atoms with Gasteiger partial charge in [-0.25, -0.2) is 4.39 Å². The van der Waals surface area contributed by atoms with Crippen LogP contribution in [0, 0.1) is 5.82 Å². The van der Waals surface area contributed by atoms with Gasteiger partial charge in [0.2, 0.25) is 0 Å². The molecule has 1 aliphatic heterocycles. The summed E-state index contributed by atoms with van der Waals surface area (Å²) in [6.45, 7) is 8.82. The van der Waals surface area contributed by atoms with E-state index in [-0.39, 0.29) is 16.6 Å². The Hall–Kier alpha value is -0.580. The van der Waals surface area contributed by atoms with Crippen LogP contribution in [0.4, 0.5) is 4.39 Å². The van der Waals surface area contributed by atoms with Gasteiger partial charge in [0.05, 0.1) is 0 Å². The predicted molar refractivity (Wildman–Crippen MR) is 85.2 cm³/mol. The summed E-state index contributed by atoms with van der Waals surface area (Å²) in [5.74, 6) is -0.151. The highest BCUT2D eigenvalue weighted by Crippen LogP contribution is 2.29. The van der Waals surface area contributed by atoms with E-state index in [1.165, 1.54) is 6.07 Å². The van der Waals surface area contributed by atoms with E-state index < -0.39 is 0 Å². The molecule has 0 radical (unpaired) electrons. The van der Waals surface area contributed by atoms with Crippen LogP contribution in [0.5, 0.6) is 0 Å². The first-order chi connectivity index (χ1) is 9.35. The summed E-state index contributed by atoms with van der Waals surface area (Å²) in [5.41, 5.74) is 1.06. The van der Waals surface area contributed by atoms with Gasteiger partial charge in [0.25, 0.3) is 0 Å². The van der Waals surface area contributed by atoms with E-state index in [1.807, 2.05) is 6.07 Å². The Kier molecular flexibility index (Phi) is 5.10. The van der Waals surface area contributed by atoms with Gasteiger partial charge in [-0.3, -0.25) is 4.72 Å². The lowest BCUT2D eigenvalue weighted by Gasteiger charge is -2.26. The average molecular weight is 296 g/mol. The highest BCUT2D eigenvalue weighted by Gasteiger charge is 2.29. The van der Waals surface area contributed by atoms with Gasteiger partial charge in [-0.2, -0.15) is 0 Å². The molecule has 2 nitrogen and oxygen atoms in total. The van der Waals surface area contributed by atoms with Crippen molar-refractivity contribution in [3.8, 4) is 0 Å². The topological polar surface area (TPSA) is 24.1 Å². The van der Waals surface area contributed by atoms with Crippen LogP contribution in [0.2, 0.25) is 0 Å². The summed E-state index contributed by atoms with van der Waals surface area (Å²) in [7, 11) is 0. The van der Waals surface area contributed by atoms with Gasteiger partial charge in [0.15, 0.2) is 0 Å². The molecule has 3 unspecified atom stereocenters. The smallest absolute Gasteiger partial charge is 0.123 e. The molecule has 0 bridgehead atoms. The number of hydrogen-bond acceptors (Lipinski definition) is 3. The lowest BCUT2D eigenvalue weighted by atomic mass is 10.0. The second-order valence-electron chi connectivity index (χ2n) is 6.58. The Labute approximate surface area is 126 Å². The van der Waals surface area contributed by atoms with Crippen LogP contribution in [0.3, 0.4) is 0 Å². The van der Waals surface area contributed by atoms with Gasteiger partial charge in [-0.15, -0.1) is 0 Å². The lowest BCUT2D eigenvalue weighted by molar-refractivity contribution is 0.465. The van der Waals surface area contributed by atoms with Crippen molar-refractivity contribution < 1.29 is 4.39 Å². The van der Waals surface area contributed by atoms with Crippen LogP contribution in [-0.4, -0.2) is 16.8 Å². The maximum Gasteiger partial charge on any atom is 0.123 e. The predicted octanol–water partition coefficient (Wildman–Crippen LogP) is 4.04. The standard InChI is InChI=1S/C16H25FN2S/c1-11(19-20-16(2,3)4)14-8-9-15(18-14)12-6-5-7-13(17)10-12/h5-7,10-11,14-15,18-19H,8-9H2,1-4H3. The van der Waals surface area contributed by atoms with Crippen molar-refractivity contribution in [3.05, 3.63) is 35.6 Å². The zero-order valence-corrected chi connectivity index (χ0v) is 13.6. The Morgan fingerprint density at radius 2 is 2.10 bits per heavy atom. The number of rotatable bonds is 4. The van der Waals surface area contributed by atoms with E-state index in [4.69, 9.17) is 0 Å². The molecule has 1 heterocycles. The van der Waals surface area contributed by atoms with Crippen LogP contribution in [0.1, 0.15) is 52.1 Å². The molecule has 1 aliphatic rings. The highest BCUT2D eigenvalue weighted by atomic mass is 32.2. The van der Waals surface area contributed by atoms with Crippen molar-refractivity contribution in [1.82, 2.24) is 10.0 Å². The van der Waals surface area contributed by atoms with E-state index in [9.17, 15) is 4.39 Å². The maximum absolute atomic E-state index is 13.3. The summed E-state index contributed by atoms with van der Waals surface area (Å²) in [5, 5.41) is 3.63. The average Bonchev–Trinajstić information content (AvgIpc) is 2.84. The molecule has 0 aliphatic carbocycles. The first kappa shape index (κ1) is 15.8. The summed E-state index contributed by atoms with van der Waals surface area (Å²) in [6.07, 6.45) is 2.19. The van der Waals surface area contributed by atoms with Gasteiger partial charge in [-0.05, 0) is 58.2 Å². The van der Waals surface area contributed by atoms with E-state index in [0.29, 0.717) is 12.1 Å². The molecule has 4 heteroatoms. The van der Waals surface area contributed by atoms with E-state index in [0.717, 1.165) is 18.4 Å². The lowest BCUT2D eigenvalue weighted by Crippen LogP contribution is -2.41. The van der Waals surface area contributed by atoms with Crippen molar-refractivity contribution in [2.75, 3.05) is 0 Å². The molecule has 1 saturated heterocycles. The molecule has 3 atom stereocenters. The van der Waals surface area contributed by atoms with Crippen LogP contribution in [-0.2, 0) is 0 Å². The van der Waals surface area contributed by atoms with Crippen molar-refractivity contribution in [1.29, 1.82) is 0 Å². The maximum atomic E-state index is 13.3. The van der Waals surface area contributed by atoms with Crippen molar-refractivity contribution in [2.24, 2.45) is 0 Å². The third-order valence-electron chi connectivity index (χ3n) is 3.59. The number of hydrogen-bond donors (Lipinski definition) is 2. The summed E-state index contributed by atoms with van der Waals surface area (Å²) < 4.78 is 17.0. The SMILES string of the molecule is CC(NSC(C)(C)C)C1CCC(c2cccc(F)c2)N1. The molecule has 1 aromatic carbocycles. The Bertz CT molecular complexity index is 444. The molecule has 2 rings (SSSR count). The van der Waals surface area contributed by atoms with Gasteiger partial charge >= 0.3 is 0 Å². The molecule has 0 saturated carbocycles. The number of nitrogens with one attached hydrogen (secondary N) is 2.